The number of aromatic nitrogens is 2. The maximum atomic E-state index is 10.1. The van der Waals surface area contributed by atoms with Crippen LogP contribution in [-0.2, 0) is 11.8 Å². The zero-order valence-electron chi connectivity index (χ0n) is 8.23. The molecule has 74 valence electrons. The van der Waals surface area contributed by atoms with E-state index in [0.717, 1.165) is 0 Å². The van der Waals surface area contributed by atoms with Crippen molar-refractivity contribution in [3.05, 3.63) is 11.8 Å². The van der Waals surface area contributed by atoms with Crippen LogP contribution in [0.3, 0.4) is 0 Å². The van der Waals surface area contributed by atoms with Crippen LogP contribution in [0.4, 0.5) is 5.82 Å². The van der Waals surface area contributed by atoms with E-state index in [-0.39, 0.29) is 0 Å². The van der Waals surface area contributed by atoms with Crippen LogP contribution < -0.4 is 0 Å². The molecule has 1 aliphatic rings. The maximum absolute atomic E-state index is 10.1. The van der Waals surface area contributed by atoms with Crippen LogP contribution in [0.25, 0.3) is 0 Å². The van der Waals surface area contributed by atoms with E-state index in [0.29, 0.717) is 11.7 Å². The minimum atomic E-state index is 0.476. The van der Waals surface area contributed by atoms with Crippen molar-refractivity contribution in [1.82, 2.24) is 9.78 Å². The lowest BCUT2D eigenvalue weighted by Gasteiger charge is -2.07. The van der Waals surface area contributed by atoms with Crippen LogP contribution in [-0.4, -0.2) is 15.9 Å². The largest absolute Gasteiger partial charge is 0.270 e. The highest BCUT2D eigenvalue weighted by Crippen LogP contribution is 2.34. The van der Waals surface area contributed by atoms with Gasteiger partial charge in [-0.15, -0.1) is 4.99 Å². The summed E-state index contributed by atoms with van der Waals surface area (Å²) >= 11 is 0. The number of hydrogen-bond acceptors (Lipinski definition) is 3. The van der Waals surface area contributed by atoms with Gasteiger partial charge in [-0.25, -0.2) is 4.79 Å². The number of isocyanates is 1. The Balaban J connectivity index is 2.28. The van der Waals surface area contributed by atoms with E-state index in [4.69, 9.17) is 0 Å². The molecule has 0 aliphatic heterocycles. The molecule has 0 saturated heterocycles. The third kappa shape index (κ3) is 1.61. The van der Waals surface area contributed by atoms with Gasteiger partial charge in [0.2, 0.25) is 6.08 Å². The van der Waals surface area contributed by atoms with Gasteiger partial charge in [0.25, 0.3) is 0 Å². The molecule has 1 saturated carbocycles. The van der Waals surface area contributed by atoms with E-state index in [1.165, 1.54) is 37.5 Å². The summed E-state index contributed by atoms with van der Waals surface area (Å²) < 4.78 is 1.83. The Labute approximate surface area is 82.6 Å². The zero-order valence-corrected chi connectivity index (χ0v) is 8.23. The summed E-state index contributed by atoms with van der Waals surface area (Å²) in [6.45, 7) is 0. The van der Waals surface area contributed by atoms with Crippen molar-refractivity contribution in [2.24, 2.45) is 12.0 Å². The minimum absolute atomic E-state index is 0.476. The number of carbonyl (C=O) groups excluding carboxylic acids is 1. The minimum Gasteiger partial charge on any atom is -0.270 e. The summed E-state index contributed by atoms with van der Waals surface area (Å²) in [5.41, 5.74) is 1.19. The van der Waals surface area contributed by atoms with Crippen molar-refractivity contribution in [3.8, 4) is 0 Å². The predicted octanol–water partition coefficient (Wildman–Crippen LogP) is 2.04. The second kappa shape index (κ2) is 3.76. The molecular formula is C10H13N3O. The molecular weight excluding hydrogens is 178 g/mol. The number of nitrogens with zero attached hydrogens (tertiary/aromatic N) is 3. The fourth-order valence-corrected chi connectivity index (χ4v) is 2.17. The van der Waals surface area contributed by atoms with Gasteiger partial charge >= 0.3 is 0 Å². The molecule has 0 bridgehead atoms. The normalized spacial score (nSPS) is 16.9. The molecule has 0 amide bonds. The Hall–Kier alpha value is -1.41. The lowest BCUT2D eigenvalue weighted by molar-refractivity contribution is 0.565. The molecule has 0 atom stereocenters. The second-order valence-corrected chi connectivity index (χ2v) is 3.74. The summed E-state index contributed by atoms with van der Waals surface area (Å²) in [5.74, 6) is 1.08. The van der Waals surface area contributed by atoms with Gasteiger partial charge < -0.3 is 0 Å². The van der Waals surface area contributed by atoms with Crippen LogP contribution in [0.15, 0.2) is 11.1 Å². The summed E-state index contributed by atoms with van der Waals surface area (Å²) in [5, 5.41) is 4.13. The van der Waals surface area contributed by atoms with Crippen LogP contribution in [0.2, 0.25) is 0 Å². The van der Waals surface area contributed by atoms with Crippen molar-refractivity contribution in [2.45, 2.75) is 31.6 Å². The summed E-state index contributed by atoms with van der Waals surface area (Å²) in [6, 6.07) is 1.89. The van der Waals surface area contributed by atoms with Crippen LogP contribution in [0, 0.1) is 0 Å². The Kier molecular flexibility index (Phi) is 2.46. The highest BCUT2D eigenvalue weighted by Gasteiger charge is 2.20. The molecule has 1 aromatic heterocycles. The van der Waals surface area contributed by atoms with Crippen LogP contribution in [0.1, 0.15) is 37.3 Å². The number of hydrogen-bond donors (Lipinski definition) is 0. The average Bonchev–Trinajstić information content (AvgIpc) is 2.74. The molecule has 0 unspecified atom stereocenters. The predicted molar refractivity (Wildman–Crippen MR) is 52.2 cm³/mol. The molecule has 0 aromatic carbocycles. The lowest BCUT2D eigenvalue weighted by atomic mass is 10.0. The topological polar surface area (TPSA) is 47.2 Å². The van der Waals surface area contributed by atoms with Gasteiger partial charge in [0.15, 0.2) is 5.82 Å². The molecule has 4 heteroatoms. The Morgan fingerprint density at radius 3 is 2.93 bits per heavy atom. The van der Waals surface area contributed by atoms with E-state index in [1.54, 1.807) is 0 Å². The SMILES string of the molecule is Cn1nc(N=C=O)cc1C1CCCC1. The quantitative estimate of drug-likeness (QED) is 0.530. The molecule has 4 nitrogen and oxygen atoms in total. The third-order valence-corrected chi connectivity index (χ3v) is 2.84. The van der Waals surface area contributed by atoms with Crippen molar-refractivity contribution in [2.75, 3.05) is 0 Å². The molecule has 0 N–H and O–H groups in total. The molecule has 0 spiro atoms. The first kappa shape index (κ1) is 9.16. The Morgan fingerprint density at radius 2 is 2.29 bits per heavy atom. The van der Waals surface area contributed by atoms with E-state index >= 15 is 0 Å². The maximum Gasteiger partial charge on any atom is 0.242 e. The van der Waals surface area contributed by atoms with Crippen LogP contribution >= 0.6 is 0 Å². The fraction of sp³-hybridized carbons (Fsp3) is 0.600. The fourth-order valence-electron chi connectivity index (χ4n) is 2.17. The second-order valence-electron chi connectivity index (χ2n) is 3.74. The average molecular weight is 191 g/mol. The third-order valence-electron chi connectivity index (χ3n) is 2.84. The molecule has 1 aromatic rings. The Bertz CT molecular complexity index is 371. The molecule has 1 aliphatic carbocycles. The van der Waals surface area contributed by atoms with Gasteiger partial charge in [-0.1, -0.05) is 12.8 Å². The van der Waals surface area contributed by atoms with Gasteiger partial charge in [0.05, 0.1) is 0 Å². The van der Waals surface area contributed by atoms with Gasteiger partial charge in [0, 0.05) is 24.7 Å². The highest BCUT2D eigenvalue weighted by atomic mass is 16.1. The van der Waals surface area contributed by atoms with Gasteiger partial charge in [0.1, 0.15) is 0 Å². The van der Waals surface area contributed by atoms with Crippen molar-refractivity contribution < 1.29 is 4.79 Å². The van der Waals surface area contributed by atoms with Crippen molar-refractivity contribution in [3.63, 3.8) is 0 Å². The summed E-state index contributed by atoms with van der Waals surface area (Å²) in [7, 11) is 1.90. The van der Waals surface area contributed by atoms with Gasteiger partial charge in [-0.2, -0.15) is 5.10 Å². The zero-order chi connectivity index (χ0) is 9.97. The molecule has 1 fully saturated rings. The first-order valence-corrected chi connectivity index (χ1v) is 4.93. The Morgan fingerprint density at radius 1 is 1.57 bits per heavy atom. The molecule has 0 radical (unpaired) electrons. The molecule has 14 heavy (non-hydrogen) atoms. The highest BCUT2D eigenvalue weighted by molar-refractivity contribution is 5.45. The lowest BCUT2D eigenvalue weighted by Crippen LogP contribution is -2.01. The van der Waals surface area contributed by atoms with E-state index in [9.17, 15) is 4.79 Å². The smallest absolute Gasteiger partial charge is 0.242 e. The number of rotatable bonds is 2. The van der Waals surface area contributed by atoms with E-state index < -0.39 is 0 Å². The van der Waals surface area contributed by atoms with Crippen molar-refractivity contribution in [1.29, 1.82) is 0 Å². The molecule has 2 rings (SSSR count). The molecule has 1 heterocycles. The standard InChI is InChI=1S/C10H13N3O/c1-13-9(8-4-2-3-5-8)6-10(12-13)11-7-14/h6,8H,2-5H2,1H3. The van der Waals surface area contributed by atoms with Crippen molar-refractivity contribution >= 4 is 11.9 Å². The van der Waals surface area contributed by atoms with Gasteiger partial charge in [-0.05, 0) is 12.8 Å². The number of aliphatic imine (C=N–C) groups is 1. The monoisotopic (exact) mass is 191 g/mol. The summed E-state index contributed by atoms with van der Waals surface area (Å²) in [4.78, 5) is 13.6. The summed E-state index contributed by atoms with van der Waals surface area (Å²) in [6.07, 6.45) is 6.55. The van der Waals surface area contributed by atoms with E-state index in [1.807, 2.05) is 17.8 Å². The number of aryl methyl sites for hydroxylation is 1. The van der Waals surface area contributed by atoms with Crippen LogP contribution in [0.5, 0.6) is 0 Å². The van der Waals surface area contributed by atoms with E-state index in [2.05, 4.69) is 10.1 Å². The first-order valence-electron chi connectivity index (χ1n) is 4.93. The van der Waals surface area contributed by atoms with Gasteiger partial charge in [-0.3, -0.25) is 4.68 Å². The first-order chi connectivity index (χ1) is 6.81.